The quantitative estimate of drug-likeness (QED) is 0.842. The van der Waals surface area contributed by atoms with E-state index in [1.54, 1.807) is 7.11 Å². The molecular weight excluding hydrogens is 240 g/mol. The molecular formula is C16H16O3. The van der Waals surface area contributed by atoms with E-state index in [-0.39, 0.29) is 12.2 Å². The molecule has 2 unspecified atom stereocenters. The zero-order valence-electron chi connectivity index (χ0n) is 10.7. The molecule has 98 valence electrons. The van der Waals surface area contributed by atoms with E-state index in [0.29, 0.717) is 0 Å². The zero-order chi connectivity index (χ0) is 13.1. The molecule has 0 bridgehead atoms. The van der Waals surface area contributed by atoms with Crippen LogP contribution >= 0.6 is 0 Å². The highest BCUT2D eigenvalue weighted by atomic mass is 16.9. The molecule has 3 rings (SSSR count). The Bertz CT molecular complexity index is 465. The van der Waals surface area contributed by atoms with Crippen LogP contribution in [0.2, 0.25) is 0 Å². The molecule has 1 aliphatic rings. The van der Waals surface area contributed by atoms with Crippen molar-refractivity contribution >= 4 is 0 Å². The van der Waals surface area contributed by atoms with E-state index in [1.807, 2.05) is 60.7 Å². The topological polar surface area (TPSA) is 27.7 Å². The van der Waals surface area contributed by atoms with Gasteiger partial charge in [0.1, 0.15) is 12.2 Å². The van der Waals surface area contributed by atoms with Crippen molar-refractivity contribution < 1.29 is 14.2 Å². The average molecular weight is 256 g/mol. The van der Waals surface area contributed by atoms with Gasteiger partial charge in [-0.2, -0.15) is 0 Å². The lowest BCUT2D eigenvalue weighted by Crippen LogP contribution is -2.09. The first-order chi connectivity index (χ1) is 9.38. The van der Waals surface area contributed by atoms with Crippen molar-refractivity contribution in [2.75, 3.05) is 7.11 Å². The number of hydrogen-bond acceptors (Lipinski definition) is 3. The molecule has 2 aromatic rings. The third kappa shape index (κ3) is 2.54. The Morgan fingerprint density at radius 1 is 0.737 bits per heavy atom. The Hall–Kier alpha value is -1.68. The maximum atomic E-state index is 5.82. The predicted octanol–water partition coefficient (Wildman–Crippen LogP) is 3.45. The fraction of sp³-hybridized carbons (Fsp3) is 0.250. The lowest BCUT2D eigenvalue weighted by molar-refractivity contribution is -0.229. The van der Waals surface area contributed by atoms with Gasteiger partial charge in [0, 0.05) is 7.11 Å². The van der Waals surface area contributed by atoms with E-state index in [9.17, 15) is 0 Å². The van der Waals surface area contributed by atoms with Crippen LogP contribution in [-0.2, 0) is 14.2 Å². The standard InChI is InChI=1S/C16H16O3/c1-17-16-18-14(12-8-4-2-5-9-12)15(19-16)13-10-6-3-7-11-13/h2-11,14-16H,1H3. The first-order valence-electron chi connectivity index (χ1n) is 6.32. The molecule has 0 aliphatic carbocycles. The molecule has 0 spiro atoms. The summed E-state index contributed by atoms with van der Waals surface area (Å²) in [6.07, 6.45) is -0.290. The SMILES string of the molecule is COC1OC(c2ccccc2)C(c2ccccc2)O1. The zero-order valence-corrected chi connectivity index (χ0v) is 10.7. The molecule has 2 atom stereocenters. The van der Waals surface area contributed by atoms with E-state index in [0.717, 1.165) is 11.1 Å². The Morgan fingerprint density at radius 3 is 1.53 bits per heavy atom. The summed E-state index contributed by atoms with van der Waals surface area (Å²) in [6, 6.07) is 20.2. The number of rotatable bonds is 3. The second-order valence-electron chi connectivity index (χ2n) is 4.46. The Kier molecular flexibility index (Phi) is 3.60. The minimum Gasteiger partial charge on any atom is -0.333 e. The van der Waals surface area contributed by atoms with Crippen LogP contribution in [-0.4, -0.2) is 13.6 Å². The van der Waals surface area contributed by atoms with Gasteiger partial charge < -0.3 is 14.2 Å². The van der Waals surface area contributed by atoms with E-state index >= 15 is 0 Å². The van der Waals surface area contributed by atoms with Crippen LogP contribution < -0.4 is 0 Å². The van der Waals surface area contributed by atoms with E-state index in [1.165, 1.54) is 0 Å². The molecule has 0 saturated carbocycles. The molecule has 3 nitrogen and oxygen atoms in total. The highest BCUT2D eigenvalue weighted by Crippen LogP contribution is 2.42. The van der Waals surface area contributed by atoms with Crippen LogP contribution in [0.1, 0.15) is 23.3 Å². The highest BCUT2D eigenvalue weighted by molar-refractivity contribution is 5.26. The molecule has 1 fully saturated rings. The van der Waals surface area contributed by atoms with Crippen molar-refractivity contribution in [2.24, 2.45) is 0 Å². The van der Waals surface area contributed by atoms with Gasteiger partial charge in [0.25, 0.3) is 6.48 Å². The summed E-state index contributed by atoms with van der Waals surface area (Å²) in [5.41, 5.74) is 2.19. The minimum absolute atomic E-state index is 0.145. The van der Waals surface area contributed by atoms with Crippen LogP contribution in [0.3, 0.4) is 0 Å². The summed E-state index contributed by atoms with van der Waals surface area (Å²) < 4.78 is 16.8. The van der Waals surface area contributed by atoms with Crippen molar-refractivity contribution in [3.63, 3.8) is 0 Å². The molecule has 1 aliphatic heterocycles. The van der Waals surface area contributed by atoms with Crippen molar-refractivity contribution in [3.8, 4) is 0 Å². The van der Waals surface area contributed by atoms with Gasteiger partial charge in [-0.25, -0.2) is 0 Å². The fourth-order valence-corrected chi connectivity index (χ4v) is 2.32. The summed E-state index contributed by atoms with van der Waals surface area (Å²) in [5, 5.41) is 0. The predicted molar refractivity (Wildman–Crippen MR) is 71.3 cm³/mol. The summed E-state index contributed by atoms with van der Waals surface area (Å²) in [7, 11) is 1.58. The van der Waals surface area contributed by atoms with Crippen molar-refractivity contribution in [1.82, 2.24) is 0 Å². The number of ether oxygens (including phenoxy) is 3. The molecule has 0 radical (unpaired) electrons. The fourth-order valence-electron chi connectivity index (χ4n) is 2.32. The first-order valence-corrected chi connectivity index (χ1v) is 6.32. The van der Waals surface area contributed by atoms with Crippen LogP contribution in [0, 0.1) is 0 Å². The minimum atomic E-state index is -0.615. The third-order valence-electron chi connectivity index (χ3n) is 3.24. The Morgan fingerprint density at radius 2 is 1.16 bits per heavy atom. The number of methoxy groups -OCH3 is 1. The van der Waals surface area contributed by atoms with Gasteiger partial charge in [-0.15, -0.1) is 0 Å². The summed E-state index contributed by atoms with van der Waals surface area (Å²) in [4.78, 5) is 0. The average Bonchev–Trinajstić information content (AvgIpc) is 2.93. The molecule has 1 saturated heterocycles. The van der Waals surface area contributed by atoms with Crippen LogP contribution in [0.5, 0.6) is 0 Å². The summed E-state index contributed by atoms with van der Waals surface area (Å²) in [6.45, 7) is -0.615. The van der Waals surface area contributed by atoms with Gasteiger partial charge in [-0.05, 0) is 11.1 Å². The van der Waals surface area contributed by atoms with Gasteiger partial charge in [0.15, 0.2) is 0 Å². The van der Waals surface area contributed by atoms with Crippen LogP contribution in [0.15, 0.2) is 60.7 Å². The molecule has 0 amide bonds. The number of benzene rings is 2. The maximum absolute atomic E-state index is 5.82. The lowest BCUT2D eigenvalue weighted by atomic mass is 9.99. The first kappa shape index (κ1) is 12.4. The monoisotopic (exact) mass is 256 g/mol. The lowest BCUT2D eigenvalue weighted by Gasteiger charge is -2.16. The third-order valence-corrected chi connectivity index (χ3v) is 3.24. The molecule has 1 heterocycles. The molecule has 0 N–H and O–H groups in total. The molecule has 0 aromatic heterocycles. The summed E-state index contributed by atoms with van der Waals surface area (Å²) >= 11 is 0. The maximum Gasteiger partial charge on any atom is 0.272 e. The summed E-state index contributed by atoms with van der Waals surface area (Å²) in [5.74, 6) is 0. The van der Waals surface area contributed by atoms with Crippen molar-refractivity contribution in [3.05, 3.63) is 71.8 Å². The second-order valence-corrected chi connectivity index (χ2v) is 4.46. The van der Waals surface area contributed by atoms with Gasteiger partial charge in [-0.3, -0.25) is 0 Å². The van der Waals surface area contributed by atoms with Gasteiger partial charge in [0.05, 0.1) is 0 Å². The van der Waals surface area contributed by atoms with E-state index < -0.39 is 6.48 Å². The molecule has 19 heavy (non-hydrogen) atoms. The smallest absolute Gasteiger partial charge is 0.272 e. The normalized spacial score (nSPS) is 26.5. The van der Waals surface area contributed by atoms with Crippen LogP contribution in [0.25, 0.3) is 0 Å². The second kappa shape index (κ2) is 5.53. The van der Waals surface area contributed by atoms with Crippen LogP contribution in [0.4, 0.5) is 0 Å². The van der Waals surface area contributed by atoms with Crippen molar-refractivity contribution in [2.45, 2.75) is 18.7 Å². The highest BCUT2D eigenvalue weighted by Gasteiger charge is 2.38. The largest absolute Gasteiger partial charge is 0.333 e. The molecule has 3 heteroatoms. The molecule has 2 aromatic carbocycles. The number of hydrogen-bond donors (Lipinski definition) is 0. The Labute approximate surface area is 112 Å². The van der Waals surface area contributed by atoms with Gasteiger partial charge in [-0.1, -0.05) is 60.7 Å². The van der Waals surface area contributed by atoms with E-state index in [4.69, 9.17) is 14.2 Å². The van der Waals surface area contributed by atoms with E-state index in [2.05, 4.69) is 0 Å². The Balaban J connectivity index is 1.92. The van der Waals surface area contributed by atoms with Crippen molar-refractivity contribution in [1.29, 1.82) is 0 Å². The van der Waals surface area contributed by atoms with Gasteiger partial charge >= 0.3 is 0 Å². The van der Waals surface area contributed by atoms with Gasteiger partial charge in [0.2, 0.25) is 0 Å².